The average Bonchev–Trinajstić information content (AvgIpc) is 3.01. The topological polar surface area (TPSA) is 90.9 Å². The molecule has 9 nitrogen and oxygen atoms in total. The normalized spacial score (nSPS) is 12.8. The minimum Gasteiger partial charge on any atom is -0.520 e. The maximum atomic E-state index is 13.2. The average molecular weight is 747 g/mol. The zero-order valence-corrected chi connectivity index (χ0v) is 36.2. The number of carbonyl (C=O) groups is 1. The summed E-state index contributed by atoms with van der Waals surface area (Å²) in [6.07, 6.45) is 2.60. The number of carbonyl (C=O) groups excluding carboxylic acids is 1. The molecule has 13 heteroatoms. The molecule has 0 N–H and O–H groups in total. The van der Waals surface area contributed by atoms with E-state index in [0.717, 1.165) is 13.2 Å². The van der Waals surface area contributed by atoms with E-state index in [-0.39, 0.29) is 5.97 Å². The number of ether oxygens (including phenoxy) is 5. The Balaban J connectivity index is 2.29. The smallest absolute Gasteiger partial charge is 0.392 e. The van der Waals surface area contributed by atoms with Crippen molar-refractivity contribution in [1.29, 1.82) is 0 Å². The van der Waals surface area contributed by atoms with E-state index in [0.29, 0.717) is 76.8 Å². The van der Waals surface area contributed by atoms with Gasteiger partial charge in [0.25, 0.3) is 8.32 Å². The highest BCUT2D eigenvalue weighted by atomic mass is 28.4. The first-order valence-corrected chi connectivity index (χ1v) is 30.9. The summed E-state index contributed by atoms with van der Waals surface area (Å²) >= 11 is 0. The lowest BCUT2D eigenvalue weighted by molar-refractivity contribution is 0.0189. The predicted molar refractivity (Wildman–Crippen MR) is 207 cm³/mol. The molecule has 0 radical (unpaired) electrons. The first kappa shape index (κ1) is 45.1. The van der Waals surface area contributed by atoms with E-state index in [1.807, 2.05) is 38.3 Å². The third-order valence-corrected chi connectivity index (χ3v) is 19.0. The molecule has 0 fully saturated rings. The zero-order chi connectivity index (χ0) is 35.9. The van der Waals surface area contributed by atoms with Crippen LogP contribution in [0.5, 0.6) is 5.75 Å². The van der Waals surface area contributed by atoms with E-state index in [1.165, 1.54) is 37.0 Å². The van der Waals surface area contributed by atoms with Crippen molar-refractivity contribution >= 4 is 39.0 Å². The van der Waals surface area contributed by atoms with Crippen molar-refractivity contribution in [1.82, 2.24) is 0 Å². The van der Waals surface area contributed by atoms with Crippen LogP contribution in [0.25, 0.3) is 0 Å². The maximum absolute atomic E-state index is 13.2. The van der Waals surface area contributed by atoms with E-state index in [4.69, 9.17) is 37.0 Å². The van der Waals surface area contributed by atoms with Crippen LogP contribution in [0.3, 0.4) is 0 Å². The van der Waals surface area contributed by atoms with E-state index in [9.17, 15) is 4.79 Å². The summed E-state index contributed by atoms with van der Waals surface area (Å²) in [4.78, 5) is 13.2. The largest absolute Gasteiger partial charge is 0.520 e. The number of hydrogen-bond acceptors (Lipinski definition) is 9. The molecule has 1 rings (SSSR count). The lowest BCUT2D eigenvalue weighted by atomic mass is 10.2. The molecule has 0 unspecified atom stereocenters. The fraction of sp³-hybridized carbons (Fsp3) is 0.800. The second-order valence-corrected chi connectivity index (χ2v) is 33.5. The molecule has 1 aromatic rings. The van der Waals surface area contributed by atoms with Gasteiger partial charge in [-0.1, -0.05) is 77.1 Å². The molecule has 0 amide bonds. The Morgan fingerprint density at radius 2 is 1.06 bits per heavy atom. The highest BCUT2D eigenvalue weighted by Crippen LogP contribution is 2.25. The van der Waals surface area contributed by atoms with Gasteiger partial charge in [0.1, 0.15) is 5.75 Å². The molecule has 0 spiro atoms. The van der Waals surface area contributed by atoms with E-state index in [1.54, 1.807) is 12.1 Å². The highest BCUT2D eigenvalue weighted by molar-refractivity contribution is 6.77. The molecule has 280 valence electrons. The number of rotatable bonds is 30. The van der Waals surface area contributed by atoms with Gasteiger partial charge in [-0.25, -0.2) is 4.79 Å². The fourth-order valence-electron chi connectivity index (χ4n) is 4.56. The van der Waals surface area contributed by atoms with Crippen LogP contribution in [0.2, 0.25) is 82.6 Å². The van der Waals surface area contributed by atoms with Crippen LogP contribution in [0.15, 0.2) is 24.3 Å². The second-order valence-electron chi connectivity index (χ2n) is 15.1. The summed E-state index contributed by atoms with van der Waals surface area (Å²) in [5.41, 5.74) is 0.411. The first-order chi connectivity index (χ1) is 22.6. The van der Waals surface area contributed by atoms with Crippen molar-refractivity contribution in [3.8, 4) is 5.75 Å². The Morgan fingerprint density at radius 3 is 1.60 bits per heavy atom. The van der Waals surface area contributed by atoms with Gasteiger partial charge in [-0.3, -0.25) is 0 Å². The summed E-state index contributed by atoms with van der Waals surface area (Å²) < 4.78 is 47.0. The van der Waals surface area contributed by atoms with Crippen molar-refractivity contribution in [2.45, 2.75) is 109 Å². The summed E-state index contributed by atoms with van der Waals surface area (Å²) in [6, 6.07) is 12.9. The van der Waals surface area contributed by atoms with Gasteiger partial charge in [0.2, 0.25) is 0 Å². The van der Waals surface area contributed by atoms with Crippen molar-refractivity contribution in [2.24, 2.45) is 0 Å². The summed E-state index contributed by atoms with van der Waals surface area (Å²) in [5, 5.41) is 0. The van der Waals surface area contributed by atoms with Crippen molar-refractivity contribution < 1.29 is 41.8 Å². The molecule has 0 aliphatic heterocycles. The molecule has 0 saturated carbocycles. The summed E-state index contributed by atoms with van der Waals surface area (Å²) in [6.45, 7) is 28.6. The van der Waals surface area contributed by atoms with E-state index < -0.39 is 33.0 Å². The molecule has 48 heavy (non-hydrogen) atoms. The van der Waals surface area contributed by atoms with Gasteiger partial charge in [0, 0.05) is 42.0 Å². The van der Waals surface area contributed by atoms with Gasteiger partial charge in [-0.2, -0.15) is 0 Å². The first-order valence-electron chi connectivity index (χ1n) is 18.2. The predicted octanol–water partition coefficient (Wildman–Crippen LogP) is 8.47. The lowest BCUT2D eigenvalue weighted by Crippen LogP contribution is -2.40. The van der Waals surface area contributed by atoms with Crippen LogP contribution < -0.4 is 4.43 Å². The number of hydrogen-bond donors (Lipinski definition) is 0. The molecular weight excluding hydrogens is 677 g/mol. The van der Waals surface area contributed by atoms with Gasteiger partial charge < -0.3 is 37.0 Å². The Hall–Kier alpha value is -0.882. The van der Waals surface area contributed by atoms with Crippen molar-refractivity contribution in [3.63, 3.8) is 0 Å². The standard InChI is InChI=1S/C35H70O9Si4/c1-11-13-29-46(5,6)31-27-40-21-18-37-19-23-41-28-32-47(7,8)44-35(36)33-16-14-15-17-34(33)43-48(9,10)42-25-24-38-20-22-39-26-30-45(3,4)12-2/h14-17H,11-13,18-32H2,1-10H3. The number of unbranched alkanes of at least 4 members (excludes halogenated alkanes) is 1. The Labute approximate surface area is 297 Å². The van der Waals surface area contributed by atoms with Crippen molar-refractivity contribution in [2.75, 3.05) is 72.7 Å². The molecule has 0 heterocycles. The molecular formula is C35H70O9Si4. The Morgan fingerprint density at radius 1 is 0.583 bits per heavy atom. The van der Waals surface area contributed by atoms with Crippen LogP contribution in [-0.2, 0) is 32.5 Å². The quantitative estimate of drug-likeness (QED) is 0.0568. The van der Waals surface area contributed by atoms with Crippen LogP contribution in [-0.4, -0.2) is 112 Å². The lowest BCUT2D eigenvalue weighted by Gasteiger charge is -2.26. The minimum absolute atomic E-state index is 0.375. The zero-order valence-electron chi connectivity index (χ0n) is 32.2. The molecule has 0 aliphatic carbocycles. The molecule has 0 atom stereocenters. The molecule has 0 aromatic heterocycles. The molecule has 0 aliphatic rings. The van der Waals surface area contributed by atoms with Gasteiger partial charge in [0.15, 0.2) is 0 Å². The summed E-state index contributed by atoms with van der Waals surface area (Å²) in [5.74, 6) is 0.108. The summed E-state index contributed by atoms with van der Waals surface area (Å²) in [7, 11) is -7.13. The molecule has 1 aromatic carbocycles. The van der Waals surface area contributed by atoms with Crippen LogP contribution in [0.1, 0.15) is 37.0 Å². The maximum Gasteiger partial charge on any atom is 0.392 e. The van der Waals surface area contributed by atoms with E-state index in [2.05, 4.69) is 40.0 Å². The second kappa shape index (κ2) is 24.3. The Kier molecular flexibility index (Phi) is 22.9. The van der Waals surface area contributed by atoms with Crippen LogP contribution in [0.4, 0.5) is 0 Å². The molecule has 0 bridgehead atoms. The number of benzene rings is 1. The van der Waals surface area contributed by atoms with Crippen LogP contribution >= 0.6 is 0 Å². The monoisotopic (exact) mass is 746 g/mol. The van der Waals surface area contributed by atoms with Gasteiger partial charge >= 0.3 is 14.5 Å². The SMILES string of the molecule is CCCC[Si](C)(C)CCOCCOCCOCC[Si](C)(C)OC(=O)c1ccccc1O[Si](C)(C)OCCOCCOCC[Si](C)(C)CC. The van der Waals surface area contributed by atoms with E-state index >= 15 is 0 Å². The fourth-order valence-corrected chi connectivity index (χ4v) is 10.6. The third kappa shape index (κ3) is 22.8. The minimum atomic E-state index is -2.59. The van der Waals surface area contributed by atoms with Crippen molar-refractivity contribution in [3.05, 3.63) is 29.8 Å². The van der Waals surface area contributed by atoms with Gasteiger partial charge in [-0.15, -0.1) is 0 Å². The number of para-hydroxylation sites is 1. The third-order valence-electron chi connectivity index (χ3n) is 8.48. The van der Waals surface area contributed by atoms with Crippen LogP contribution in [0, 0.1) is 0 Å². The molecule has 0 saturated heterocycles. The Bertz CT molecular complexity index is 993. The van der Waals surface area contributed by atoms with Gasteiger partial charge in [-0.05, 0) is 50.4 Å². The highest BCUT2D eigenvalue weighted by Gasteiger charge is 2.32. The van der Waals surface area contributed by atoms with Gasteiger partial charge in [0.05, 0.1) is 58.4 Å².